The average molecular weight is 370 g/mol. The SMILES string of the molecule is CC(C)NCC(O)COc1ncc(C(=O)NCCCC2CCCC2)s1. The van der Waals surface area contributed by atoms with Crippen molar-refractivity contribution in [3.05, 3.63) is 11.1 Å². The maximum atomic E-state index is 12.1. The summed E-state index contributed by atoms with van der Waals surface area (Å²) in [5, 5.41) is 16.3. The maximum absolute atomic E-state index is 12.1. The minimum atomic E-state index is -0.598. The number of nitrogens with zero attached hydrogens (tertiary/aromatic N) is 1. The molecule has 142 valence electrons. The molecule has 3 N–H and O–H groups in total. The van der Waals surface area contributed by atoms with Crippen molar-refractivity contribution >= 4 is 17.2 Å². The number of carbonyl (C=O) groups excluding carboxylic acids is 1. The van der Waals surface area contributed by atoms with E-state index in [0.717, 1.165) is 12.3 Å². The Labute approximate surface area is 154 Å². The van der Waals surface area contributed by atoms with Crippen LogP contribution in [-0.4, -0.2) is 47.8 Å². The van der Waals surface area contributed by atoms with E-state index in [1.165, 1.54) is 49.6 Å². The van der Waals surface area contributed by atoms with Gasteiger partial charge in [-0.2, -0.15) is 0 Å². The molecule has 1 saturated carbocycles. The predicted molar refractivity (Wildman–Crippen MR) is 100 cm³/mol. The Balaban J connectivity index is 1.62. The van der Waals surface area contributed by atoms with Crippen LogP contribution in [0.3, 0.4) is 0 Å². The molecule has 1 unspecified atom stereocenters. The quantitative estimate of drug-likeness (QED) is 0.522. The highest BCUT2D eigenvalue weighted by Crippen LogP contribution is 2.28. The lowest BCUT2D eigenvalue weighted by Crippen LogP contribution is -2.35. The fraction of sp³-hybridized carbons (Fsp3) is 0.778. The molecule has 1 fully saturated rings. The second kappa shape index (κ2) is 10.7. The maximum Gasteiger partial charge on any atom is 0.273 e. The van der Waals surface area contributed by atoms with Gasteiger partial charge < -0.3 is 20.5 Å². The fourth-order valence-corrected chi connectivity index (χ4v) is 3.70. The second-order valence-electron chi connectivity index (χ2n) is 7.07. The Bertz CT molecular complexity index is 515. The van der Waals surface area contributed by atoms with E-state index in [1.54, 1.807) is 0 Å². The van der Waals surface area contributed by atoms with Gasteiger partial charge >= 0.3 is 0 Å². The normalized spacial score (nSPS) is 16.3. The van der Waals surface area contributed by atoms with E-state index in [0.29, 0.717) is 29.2 Å². The lowest BCUT2D eigenvalue weighted by Gasteiger charge is -2.13. The lowest BCUT2D eigenvalue weighted by atomic mass is 10.0. The Morgan fingerprint density at radius 1 is 1.44 bits per heavy atom. The van der Waals surface area contributed by atoms with Gasteiger partial charge in [0.15, 0.2) is 0 Å². The number of carbonyl (C=O) groups is 1. The highest BCUT2D eigenvalue weighted by molar-refractivity contribution is 7.15. The molecule has 1 aliphatic rings. The van der Waals surface area contributed by atoms with Gasteiger partial charge in [-0.1, -0.05) is 50.9 Å². The third-order valence-corrected chi connectivity index (χ3v) is 5.33. The Kier molecular flexibility index (Phi) is 8.64. The van der Waals surface area contributed by atoms with Crippen LogP contribution in [-0.2, 0) is 0 Å². The summed E-state index contributed by atoms with van der Waals surface area (Å²) in [5.74, 6) is 0.762. The smallest absolute Gasteiger partial charge is 0.273 e. The third-order valence-electron chi connectivity index (χ3n) is 4.42. The van der Waals surface area contributed by atoms with Crippen LogP contribution in [0, 0.1) is 5.92 Å². The predicted octanol–water partition coefficient (Wildman–Crippen LogP) is 2.58. The summed E-state index contributed by atoms with van der Waals surface area (Å²) < 4.78 is 5.46. The lowest BCUT2D eigenvalue weighted by molar-refractivity contribution is 0.0956. The fourth-order valence-electron chi connectivity index (χ4n) is 3.01. The molecule has 0 bridgehead atoms. The third kappa shape index (κ3) is 7.71. The van der Waals surface area contributed by atoms with E-state index in [4.69, 9.17) is 4.74 Å². The van der Waals surface area contributed by atoms with Crippen LogP contribution in [0.4, 0.5) is 0 Å². The van der Waals surface area contributed by atoms with Crippen LogP contribution in [0.15, 0.2) is 6.20 Å². The number of hydrogen-bond acceptors (Lipinski definition) is 6. The molecule has 0 saturated heterocycles. The number of nitrogens with one attached hydrogen (secondary N) is 2. The molecule has 1 aromatic heterocycles. The zero-order valence-corrected chi connectivity index (χ0v) is 16.1. The van der Waals surface area contributed by atoms with Gasteiger partial charge in [0.2, 0.25) is 0 Å². The molecular formula is C18H31N3O3S. The van der Waals surface area contributed by atoms with Crippen LogP contribution < -0.4 is 15.4 Å². The largest absolute Gasteiger partial charge is 0.467 e. The van der Waals surface area contributed by atoms with Crippen molar-refractivity contribution in [2.75, 3.05) is 19.7 Å². The van der Waals surface area contributed by atoms with Crippen molar-refractivity contribution in [1.29, 1.82) is 0 Å². The molecule has 1 atom stereocenters. The zero-order chi connectivity index (χ0) is 18.1. The first-order valence-corrected chi connectivity index (χ1v) is 10.1. The highest BCUT2D eigenvalue weighted by Gasteiger charge is 2.15. The van der Waals surface area contributed by atoms with Crippen LogP contribution >= 0.6 is 11.3 Å². The van der Waals surface area contributed by atoms with E-state index in [9.17, 15) is 9.90 Å². The molecule has 6 nitrogen and oxygen atoms in total. The van der Waals surface area contributed by atoms with Crippen molar-refractivity contribution in [1.82, 2.24) is 15.6 Å². The number of ether oxygens (including phenoxy) is 1. The topological polar surface area (TPSA) is 83.5 Å². The summed E-state index contributed by atoms with van der Waals surface area (Å²) in [6.07, 6.45) is 8.60. The number of aliphatic hydroxyl groups is 1. The minimum absolute atomic E-state index is 0.0965. The molecule has 1 aliphatic carbocycles. The summed E-state index contributed by atoms with van der Waals surface area (Å²) >= 11 is 1.21. The van der Waals surface area contributed by atoms with Crippen LogP contribution in [0.5, 0.6) is 5.19 Å². The number of aliphatic hydroxyl groups excluding tert-OH is 1. The molecule has 0 spiro atoms. The first-order valence-electron chi connectivity index (χ1n) is 9.33. The molecular weight excluding hydrogens is 338 g/mol. The van der Waals surface area contributed by atoms with Gasteiger partial charge in [-0.3, -0.25) is 4.79 Å². The van der Waals surface area contributed by atoms with E-state index in [2.05, 4.69) is 15.6 Å². The van der Waals surface area contributed by atoms with Crippen molar-refractivity contribution in [2.45, 2.75) is 64.5 Å². The van der Waals surface area contributed by atoms with Gasteiger partial charge in [0.25, 0.3) is 11.1 Å². The number of thiazole rings is 1. The van der Waals surface area contributed by atoms with E-state index < -0.39 is 6.10 Å². The van der Waals surface area contributed by atoms with Gasteiger partial charge in [0.05, 0.1) is 6.20 Å². The van der Waals surface area contributed by atoms with Crippen LogP contribution in [0.2, 0.25) is 0 Å². The first-order chi connectivity index (χ1) is 12.0. The van der Waals surface area contributed by atoms with E-state index >= 15 is 0 Å². The number of aromatic nitrogens is 1. The Morgan fingerprint density at radius 2 is 2.20 bits per heavy atom. The molecule has 7 heteroatoms. The van der Waals surface area contributed by atoms with Crippen LogP contribution in [0.25, 0.3) is 0 Å². The average Bonchev–Trinajstić information content (AvgIpc) is 3.26. The summed E-state index contributed by atoms with van der Waals surface area (Å²) in [4.78, 5) is 16.8. The first kappa shape index (κ1) is 20.1. The van der Waals surface area contributed by atoms with Gasteiger partial charge in [0.1, 0.15) is 17.6 Å². The van der Waals surface area contributed by atoms with Gasteiger partial charge in [-0.15, -0.1) is 0 Å². The zero-order valence-electron chi connectivity index (χ0n) is 15.3. The van der Waals surface area contributed by atoms with Gasteiger partial charge in [0, 0.05) is 19.1 Å². The molecule has 0 radical (unpaired) electrons. The number of amides is 1. The van der Waals surface area contributed by atoms with E-state index in [-0.39, 0.29) is 12.5 Å². The summed E-state index contributed by atoms with van der Waals surface area (Å²) in [7, 11) is 0. The molecule has 2 rings (SSSR count). The summed E-state index contributed by atoms with van der Waals surface area (Å²) in [6, 6.07) is 0.318. The molecule has 1 heterocycles. The van der Waals surface area contributed by atoms with Crippen LogP contribution in [0.1, 0.15) is 62.0 Å². The number of hydrogen-bond donors (Lipinski definition) is 3. The summed E-state index contributed by atoms with van der Waals surface area (Å²) in [6.45, 7) is 5.39. The molecule has 25 heavy (non-hydrogen) atoms. The minimum Gasteiger partial charge on any atom is -0.467 e. The van der Waals surface area contributed by atoms with Crippen molar-refractivity contribution < 1.29 is 14.6 Å². The standard InChI is InChI=1S/C18H31N3O3S/c1-13(2)20-10-15(22)12-24-18-21-11-16(25-18)17(23)19-9-5-8-14-6-3-4-7-14/h11,13-15,20,22H,3-10,12H2,1-2H3,(H,19,23). The monoisotopic (exact) mass is 369 g/mol. The van der Waals surface area contributed by atoms with E-state index in [1.807, 2.05) is 13.8 Å². The molecule has 0 aliphatic heterocycles. The van der Waals surface area contributed by atoms with Crippen molar-refractivity contribution in [2.24, 2.45) is 5.92 Å². The van der Waals surface area contributed by atoms with Crippen molar-refractivity contribution in [3.8, 4) is 5.19 Å². The summed E-state index contributed by atoms with van der Waals surface area (Å²) in [5.41, 5.74) is 0. The molecule has 1 amide bonds. The van der Waals surface area contributed by atoms with Gasteiger partial charge in [-0.05, 0) is 18.8 Å². The highest BCUT2D eigenvalue weighted by atomic mass is 32.1. The Morgan fingerprint density at radius 3 is 2.92 bits per heavy atom. The Hall–Kier alpha value is -1.18. The molecule has 0 aromatic carbocycles. The van der Waals surface area contributed by atoms with Gasteiger partial charge in [-0.25, -0.2) is 4.98 Å². The van der Waals surface area contributed by atoms with Crippen molar-refractivity contribution in [3.63, 3.8) is 0 Å². The second-order valence-corrected chi connectivity index (χ2v) is 8.06. The molecule has 1 aromatic rings. The number of rotatable bonds is 11.